The molecule has 0 unspecified atom stereocenters. The zero-order valence-corrected chi connectivity index (χ0v) is 20.0. The predicted octanol–water partition coefficient (Wildman–Crippen LogP) is 4.55. The molecule has 1 aliphatic rings. The van der Waals surface area contributed by atoms with E-state index in [1.807, 2.05) is 31.2 Å². The molecule has 0 radical (unpaired) electrons. The Hall–Kier alpha value is -2.98. The van der Waals surface area contributed by atoms with Crippen molar-refractivity contribution in [3.8, 4) is 17.2 Å². The Labute approximate surface area is 198 Å². The minimum absolute atomic E-state index is 0.151. The van der Waals surface area contributed by atoms with Crippen LogP contribution in [0.15, 0.2) is 50.8 Å². The molecule has 0 spiro atoms. The number of aliphatic imine (C=N–C) groups is 1. The van der Waals surface area contributed by atoms with E-state index in [9.17, 15) is 9.59 Å². The van der Waals surface area contributed by atoms with Gasteiger partial charge in [0, 0.05) is 11.0 Å². The topological polar surface area (TPSA) is 97.7 Å². The third-order valence-electron chi connectivity index (χ3n) is 4.42. The van der Waals surface area contributed by atoms with Gasteiger partial charge >= 0.3 is 5.97 Å². The number of benzene rings is 2. The van der Waals surface area contributed by atoms with E-state index in [2.05, 4.69) is 20.9 Å². The Bertz CT molecular complexity index is 1080. The second-order valence-corrected chi connectivity index (χ2v) is 8.32. The number of amidine groups is 1. The summed E-state index contributed by atoms with van der Waals surface area (Å²) >= 11 is 4.73. The van der Waals surface area contributed by atoms with Gasteiger partial charge in [-0.1, -0.05) is 15.9 Å². The van der Waals surface area contributed by atoms with Gasteiger partial charge in [0.25, 0.3) is 5.91 Å². The van der Waals surface area contributed by atoms with Crippen molar-refractivity contribution in [2.75, 3.05) is 27.4 Å². The summed E-state index contributed by atoms with van der Waals surface area (Å²) in [6.07, 6.45) is 1.74. The van der Waals surface area contributed by atoms with Crippen LogP contribution in [0.25, 0.3) is 6.08 Å². The van der Waals surface area contributed by atoms with Crippen molar-refractivity contribution in [3.05, 3.63) is 51.3 Å². The summed E-state index contributed by atoms with van der Waals surface area (Å²) in [6, 6.07) is 10.6. The van der Waals surface area contributed by atoms with Gasteiger partial charge in [-0.3, -0.25) is 9.69 Å². The van der Waals surface area contributed by atoms with Gasteiger partial charge in [0.05, 0.1) is 24.8 Å². The van der Waals surface area contributed by atoms with Crippen LogP contribution >= 0.6 is 27.7 Å². The lowest BCUT2D eigenvalue weighted by molar-refractivity contribution is -0.139. The number of aliphatic carboxylic acids is 1. The van der Waals surface area contributed by atoms with Crippen LogP contribution in [0.1, 0.15) is 12.5 Å². The molecule has 1 N–H and O–H groups in total. The summed E-state index contributed by atoms with van der Waals surface area (Å²) in [5.74, 6) is 0.126. The maximum absolute atomic E-state index is 13.0. The lowest BCUT2D eigenvalue weighted by atomic mass is 10.2. The van der Waals surface area contributed by atoms with Crippen molar-refractivity contribution in [2.24, 2.45) is 4.99 Å². The molecule has 2 aromatic rings. The Balaban J connectivity index is 1.91. The Morgan fingerprint density at radius 3 is 2.50 bits per heavy atom. The van der Waals surface area contributed by atoms with Crippen LogP contribution in [0, 0.1) is 0 Å². The fraction of sp³-hybridized carbons (Fsp3) is 0.227. The molecule has 0 saturated carbocycles. The molecule has 0 bridgehead atoms. The first-order valence-corrected chi connectivity index (χ1v) is 11.1. The number of carbonyl (C=O) groups is 2. The van der Waals surface area contributed by atoms with E-state index < -0.39 is 12.6 Å². The summed E-state index contributed by atoms with van der Waals surface area (Å²) in [5.41, 5.74) is 1.39. The number of hydrogen-bond acceptors (Lipinski definition) is 7. The molecule has 1 aliphatic heterocycles. The first-order chi connectivity index (χ1) is 15.4. The lowest BCUT2D eigenvalue weighted by Gasteiger charge is -2.12. The number of ether oxygens (including phenoxy) is 3. The highest BCUT2D eigenvalue weighted by molar-refractivity contribution is 9.10. The number of rotatable bonds is 8. The largest absolute Gasteiger partial charge is 0.497 e. The molecule has 1 fully saturated rings. The number of thioether (sulfide) groups is 1. The fourth-order valence-electron chi connectivity index (χ4n) is 2.85. The molecule has 10 heteroatoms. The monoisotopic (exact) mass is 520 g/mol. The molecule has 3 rings (SSSR count). The highest BCUT2D eigenvalue weighted by Crippen LogP contribution is 2.38. The van der Waals surface area contributed by atoms with Gasteiger partial charge in [-0.2, -0.15) is 0 Å². The molecule has 8 nitrogen and oxygen atoms in total. The number of carboxylic acids is 1. The van der Waals surface area contributed by atoms with Crippen molar-refractivity contribution >= 4 is 56.5 Å². The van der Waals surface area contributed by atoms with Crippen LogP contribution < -0.4 is 14.2 Å². The molecule has 1 heterocycles. The zero-order chi connectivity index (χ0) is 23.3. The maximum Gasteiger partial charge on any atom is 0.341 e. The van der Waals surface area contributed by atoms with E-state index in [0.717, 1.165) is 5.75 Å². The average molecular weight is 521 g/mol. The summed E-state index contributed by atoms with van der Waals surface area (Å²) in [7, 11) is 3.06. The Morgan fingerprint density at radius 2 is 1.91 bits per heavy atom. The van der Waals surface area contributed by atoms with E-state index >= 15 is 0 Å². The first kappa shape index (κ1) is 23.7. The van der Waals surface area contributed by atoms with Crippen LogP contribution in [-0.4, -0.2) is 54.4 Å². The molecule has 1 saturated heterocycles. The van der Waals surface area contributed by atoms with E-state index in [-0.39, 0.29) is 11.7 Å². The molecular formula is C22H21BrN2O6S. The summed E-state index contributed by atoms with van der Waals surface area (Å²) in [5, 5.41) is 9.42. The van der Waals surface area contributed by atoms with Gasteiger partial charge in [0.2, 0.25) is 0 Å². The number of halogens is 1. The zero-order valence-electron chi connectivity index (χ0n) is 17.6. The molecule has 0 aliphatic carbocycles. The molecule has 0 aromatic heterocycles. The van der Waals surface area contributed by atoms with Crippen LogP contribution in [0.5, 0.6) is 17.2 Å². The molecule has 168 valence electrons. The van der Waals surface area contributed by atoms with Crippen LogP contribution in [-0.2, 0) is 9.59 Å². The van der Waals surface area contributed by atoms with Gasteiger partial charge in [0.15, 0.2) is 23.3 Å². The maximum atomic E-state index is 13.0. The van der Waals surface area contributed by atoms with Crippen molar-refractivity contribution in [2.45, 2.75) is 6.92 Å². The third kappa shape index (κ3) is 5.43. The SMILES string of the molecule is CCN1C(=O)/C(=C\c2cc(OC)c(OCC(=O)O)cc2Br)SC1=Nc1ccc(OC)cc1. The van der Waals surface area contributed by atoms with Crippen LogP contribution in [0.3, 0.4) is 0 Å². The van der Waals surface area contributed by atoms with Gasteiger partial charge < -0.3 is 19.3 Å². The lowest BCUT2D eigenvalue weighted by Crippen LogP contribution is -2.28. The molecule has 0 atom stereocenters. The Kier molecular flexibility index (Phi) is 7.81. The number of carboxylic acid groups (broad SMARTS) is 1. The molecule has 1 amide bonds. The minimum atomic E-state index is -1.09. The van der Waals surface area contributed by atoms with E-state index in [4.69, 9.17) is 19.3 Å². The van der Waals surface area contributed by atoms with Crippen molar-refractivity contribution < 1.29 is 28.9 Å². The number of methoxy groups -OCH3 is 2. The van der Waals surface area contributed by atoms with Gasteiger partial charge in [-0.25, -0.2) is 9.79 Å². The summed E-state index contributed by atoms with van der Waals surface area (Å²) in [4.78, 5) is 30.5. The Morgan fingerprint density at radius 1 is 1.19 bits per heavy atom. The van der Waals surface area contributed by atoms with Gasteiger partial charge in [0.1, 0.15) is 5.75 Å². The van der Waals surface area contributed by atoms with Gasteiger partial charge in [-0.05, 0) is 66.7 Å². The number of nitrogens with zero attached hydrogens (tertiary/aromatic N) is 2. The number of likely N-dealkylation sites (N-methyl/N-ethyl adjacent to an activating group) is 1. The van der Waals surface area contributed by atoms with Crippen molar-refractivity contribution in [1.82, 2.24) is 4.90 Å². The van der Waals surface area contributed by atoms with Crippen LogP contribution in [0.4, 0.5) is 5.69 Å². The summed E-state index contributed by atoms with van der Waals surface area (Å²) in [6.45, 7) is 1.87. The smallest absolute Gasteiger partial charge is 0.341 e. The predicted molar refractivity (Wildman–Crippen MR) is 127 cm³/mol. The minimum Gasteiger partial charge on any atom is -0.497 e. The second kappa shape index (κ2) is 10.6. The van der Waals surface area contributed by atoms with Gasteiger partial charge in [-0.15, -0.1) is 0 Å². The quantitative estimate of drug-likeness (QED) is 0.509. The number of hydrogen-bond donors (Lipinski definition) is 1. The fourth-order valence-corrected chi connectivity index (χ4v) is 4.34. The normalized spacial score (nSPS) is 16.0. The summed E-state index contributed by atoms with van der Waals surface area (Å²) < 4.78 is 16.4. The highest BCUT2D eigenvalue weighted by Gasteiger charge is 2.32. The van der Waals surface area contributed by atoms with Crippen LogP contribution in [0.2, 0.25) is 0 Å². The number of carbonyl (C=O) groups excluding carboxylic acids is 1. The van der Waals surface area contributed by atoms with Crippen molar-refractivity contribution in [1.29, 1.82) is 0 Å². The average Bonchev–Trinajstić information content (AvgIpc) is 3.07. The van der Waals surface area contributed by atoms with E-state index in [1.54, 1.807) is 30.2 Å². The van der Waals surface area contributed by atoms with E-state index in [1.165, 1.54) is 18.9 Å². The first-order valence-electron chi connectivity index (χ1n) is 9.52. The second-order valence-electron chi connectivity index (χ2n) is 6.46. The molecular weight excluding hydrogens is 500 g/mol. The molecule has 32 heavy (non-hydrogen) atoms. The number of amides is 1. The molecule has 2 aromatic carbocycles. The van der Waals surface area contributed by atoms with Crippen molar-refractivity contribution in [3.63, 3.8) is 0 Å². The third-order valence-corrected chi connectivity index (χ3v) is 6.12. The standard InChI is InChI=1S/C22H21BrN2O6S/c1-4-25-21(28)19(32-22(25)24-14-5-7-15(29-2)8-6-14)10-13-9-17(30-3)18(11-16(13)23)31-12-20(26)27/h5-11H,4,12H2,1-3H3,(H,26,27)/b19-10+,24-22?. The van der Waals surface area contributed by atoms with E-state index in [0.29, 0.717) is 38.1 Å². The highest BCUT2D eigenvalue weighted by atomic mass is 79.9.